The Morgan fingerprint density at radius 3 is 2.57 bits per heavy atom. The van der Waals surface area contributed by atoms with E-state index >= 15 is 0 Å². The highest BCUT2D eigenvalue weighted by molar-refractivity contribution is 5.74. The van der Waals surface area contributed by atoms with E-state index in [4.69, 9.17) is 5.73 Å². The van der Waals surface area contributed by atoms with Crippen molar-refractivity contribution in [2.24, 2.45) is 5.73 Å². The minimum atomic E-state index is 0.0287. The molecule has 1 heterocycles. The highest BCUT2D eigenvalue weighted by Gasteiger charge is 2.12. The normalized spacial score (nSPS) is 10.5. The molecule has 4 N–H and O–H groups in total. The molecule has 5 nitrogen and oxygen atoms in total. The van der Waals surface area contributed by atoms with E-state index in [0.717, 1.165) is 22.4 Å². The Balaban J connectivity index is 1.93. The van der Waals surface area contributed by atoms with E-state index in [1.54, 1.807) is 0 Å². The first kappa shape index (κ1) is 15.0. The van der Waals surface area contributed by atoms with Crippen LogP contribution >= 0.6 is 0 Å². The van der Waals surface area contributed by atoms with Gasteiger partial charge in [-0.15, -0.1) is 0 Å². The Bertz CT molecular complexity index is 816. The molecule has 0 aliphatic heterocycles. The second-order valence-electron chi connectivity index (χ2n) is 5.32. The summed E-state index contributed by atoms with van der Waals surface area (Å²) in [5.41, 5.74) is 9.92. The van der Waals surface area contributed by atoms with Crippen LogP contribution in [0.15, 0.2) is 54.9 Å². The predicted molar refractivity (Wildman–Crippen MR) is 91.5 cm³/mol. The van der Waals surface area contributed by atoms with Crippen molar-refractivity contribution in [3.8, 4) is 17.0 Å². The summed E-state index contributed by atoms with van der Waals surface area (Å²) < 4.78 is 0. The second kappa shape index (κ2) is 6.46. The van der Waals surface area contributed by atoms with Crippen LogP contribution in [0.3, 0.4) is 0 Å². The molecule has 5 heteroatoms. The van der Waals surface area contributed by atoms with Crippen LogP contribution in [-0.2, 0) is 6.54 Å². The Hall–Kier alpha value is -2.92. The number of nitrogens with one attached hydrogen (secondary N) is 1. The molecule has 1 aromatic heterocycles. The van der Waals surface area contributed by atoms with E-state index in [1.165, 1.54) is 6.33 Å². The highest BCUT2D eigenvalue weighted by Crippen LogP contribution is 2.33. The van der Waals surface area contributed by atoms with Crippen LogP contribution in [0.4, 0.5) is 11.5 Å². The summed E-state index contributed by atoms with van der Waals surface area (Å²) in [7, 11) is 0. The van der Waals surface area contributed by atoms with Crippen molar-refractivity contribution >= 4 is 11.5 Å². The van der Waals surface area contributed by atoms with Crippen LogP contribution in [0.25, 0.3) is 11.3 Å². The molecule has 2 aromatic carbocycles. The zero-order chi connectivity index (χ0) is 16.2. The van der Waals surface area contributed by atoms with Crippen molar-refractivity contribution in [1.29, 1.82) is 0 Å². The summed E-state index contributed by atoms with van der Waals surface area (Å²) in [4.78, 5) is 8.33. The van der Waals surface area contributed by atoms with Crippen molar-refractivity contribution in [2.45, 2.75) is 13.5 Å². The maximum Gasteiger partial charge on any atom is 0.185 e. The van der Waals surface area contributed by atoms with Crippen LogP contribution < -0.4 is 11.1 Å². The zero-order valence-electron chi connectivity index (χ0n) is 12.8. The van der Waals surface area contributed by atoms with Crippen LogP contribution in [0.5, 0.6) is 5.75 Å². The van der Waals surface area contributed by atoms with E-state index in [1.807, 2.05) is 55.5 Å². The van der Waals surface area contributed by atoms with Gasteiger partial charge >= 0.3 is 0 Å². The van der Waals surface area contributed by atoms with Crippen molar-refractivity contribution in [1.82, 2.24) is 9.97 Å². The van der Waals surface area contributed by atoms with Crippen molar-refractivity contribution in [2.75, 3.05) is 5.32 Å². The monoisotopic (exact) mass is 306 g/mol. The van der Waals surface area contributed by atoms with Gasteiger partial charge in [0.25, 0.3) is 0 Å². The smallest absolute Gasteiger partial charge is 0.185 e. The SMILES string of the molecule is Cc1cccc(-c2ncnc(Nc3ccc(CN)cc3)c2O)c1. The Morgan fingerprint density at radius 1 is 1.09 bits per heavy atom. The molecule has 3 rings (SSSR count). The fourth-order valence-electron chi connectivity index (χ4n) is 2.33. The molecular weight excluding hydrogens is 288 g/mol. The van der Waals surface area contributed by atoms with Gasteiger partial charge in [-0.1, -0.05) is 35.9 Å². The van der Waals surface area contributed by atoms with Gasteiger partial charge in [0.2, 0.25) is 0 Å². The largest absolute Gasteiger partial charge is 0.503 e. The van der Waals surface area contributed by atoms with E-state index in [9.17, 15) is 5.11 Å². The summed E-state index contributed by atoms with van der Waals surface area (Å²) in [6, 6.07) is 15.5. The first-order chi connectivity index (χ1) is 11.2. The van der Waals surface area contributed by atoms with Gasteiger partial charge in [0, 0.05) is 17.8 Å². The Morgan fingerprint density at radius 2 is 1.87 bits per heavy atom. The zero-order valence-corrected chi connectivity index (χ0v) is 12.8. The van der Waals surface area contributed by atoms with Crippen molar-refractivity contribution < 1.29 is 5.11 Å². The maximum atomic E-state index is 10.5. The lowest BCUT2D eigenvalue weighted by Crippen LogP contribution is -1.99. The molecule has 116 valence electrons. The molecule has 0 aliphatic rings. The van der Waals surface area contributed by atoms with Gasteiger partial charge in [0.1, 0.15) is 12.0 Å². The van der Waals surface area contributed by atoms with Gasteiger partial charge in [-0.2, -0.15) is 0 Å². The Kier molecular flexibility index (Phi) is 4.21. The van der Waals surface area contributed by atoms with Crippen molar-refractivity contribution in [3.05, 3.63) is 66.0 Å². The fraction of sp³-hybridized carbons (Fsp3) is 0.111. The first-order valence-corrected chi connectivity index (χ1v) is 7.34. The van der Waals surface area contributed by atoms with Gasteiger partial charge in [0.05, 0.1) is 0 Å². The molecule has 0 saturated carbocycles. The average Bonchev–Trinajstić information content (AvgIpc) is 2.57. The second-order valence-corrected chi connectivity index (χ2v) is 5.32. The molecule has 0 unspecified atom stereocenters. The summed E-state index contributed by atoms with van der Waals surface area (Å²) in [5.74, 6) is 0.401. The van der Waals surface area contributed by atoms with Gasteiger partial charge < -0.3 is 16.2 Å². The lowest BCUT2D eigenvalue weighted by molar-refractivity contribution is 0.475. The molecule has 0 radical (unpaired) electrons. The summed E-state index contributed by atoms with van der Waals surface area (Å²) in [5, 5.41) is 13.6. The first-order valence-electron chi connectivity index (χ1n) is 7.34. The van der Waals surface area contributed by atoms with Crippen LogP contribution in [0.1, 0.15) is 11.1 Å². The number of hydrogen-bond acceptors (Lipinski definition) is 5. The number of nitrogens with zero attached hydrogens (tertiary/aromatic N) is 2. The number of hydrogen-bond donors (Lipinski definition) is 3. The van der Waals surface area contributed by atoms with Crippen LogP contribution in [-0.4, -0.2) is 15.1 Å². The van der Waals surface area contributed by atoms with Gasteiger partial charge in [-0.05, 0) is 30.7 Å². The minimum Gasteiger partial charge on any atom is -0.503 e. The van der Waals surface area contributed by atoms with E-state index in [-0.39, 0.29) is 5.75 Å². The fourth-order valence-corrected chi connectivity index (χ4v) is 2.33. The third kappa shape index (κ3) is 3.30. The molecule has 3 aromatic rings. The third-order valence-electron chi connectivity index (χ3n) is 3.57. The lowest BCUT2D eigenvalue weighted by atomic mass is 10.1. The lowest BCUT2D eigenvalue weighted by Gasteiger charge is -2.11. The number of aromatic nitrogens is 2. The predicted octanol–water partition coefficient (Wildman–Crippen LogP) is 3.36. The molecule has 0 bridgehead atoms. The Labute approximate surface area is 134 Å². The van der Waals surface area contributed by atoms with Gasteiger partial charge in [-0.25, -0.2) is 9.97 Å². The molecule has 0 amide bonds. The average molecular weight is 306 g/mol. The number of benzene rings is 2. The number of anilines is 2. The van der Waals surface area contributed by atoms with Gasteiger partial charge in [-0.3, -0.25) is 0 Å². The highest BCUT2D eigenvalue weighted by atomic mass is 16.3. The molecule has 0 aliphatic carbocycles. The maximum absolute atomic E-state index is 10.5. The van der Waals surface area contributed by atoms with E-state index in [2.05, 4.69) is 15.3 Å². The van der Waals surface area contributed by atoms with Crippen molar-refractivity contribution in [3.63, 3.8) is 0 Å². The standard InChI is InChI=1S/C18H18N4O/c1-12-3-2-4-14(9-12)16-17(23)18(21-11-20-16)22-15-7-5-13(10-19)6-8-15/h2-9,11,23H,10,19H2,1H3,(H,20,21,22). The minimum absolute atomic E-state index is 0.0287. The number of rotatable bonds is 4. The quantitative estimate of drug-likeness (QED) is 0.688. The number of aryl methyl sites for hydroxylation is 1. The molecule has 0 fully saturated rings. The molecular formula is C18H18N4O. The van der Waals surface area contributed by atoms with Gasteiger partial charge in [0.15, 0.2) is 11.6 Å². The van der Waals surface area contributed by atoms with E-state index < -0.39 is 0 Å². The third-order valence-corrected chi connectivity index (χ3v) is 3.57. The van der Waals surface area contributed by atoms with E-state index in [0.29, 0.717) is 18.1 Å². The van der Waals surface area contributed by atoms with Crippen LogP contribution in [0.2, 0.25) is 0 Å². The van der Waals surface area contributed by atoms with Crippen LogP contribution in [0, 0.1) is 6.92 Å². The molecule has 23 heavy (non-hydrogen) atoms. The number of aromatic hydroxyl groups is 1. The number of nitrogens with two attached hydrogens (primary N) is 1. The molecule has 0 atom stereocenters. The molecule has 0 saturated heterocycles. The summed E-state index contributed by atoms with van der Waals surface area (Å²) in [6.07, 6.45) is 1.44. The summed E-state index contributed by atoms with van der Waals surface area (Å²) >= 11 is 0. The topological polar surface area (TPSA) is 84.1 Å². The summed E-state index contributed by atoms with van der Waals surface area (Å²) in [6.45, 7) is 2.50. The molecule has 0 spiro atoms.